The van der Waals surface area contributed by atoms with Crippen LogP contribution in [0.3, 0.4) is 0 Å². The normalized spacial score (nSPS) is 13.1. The number of aliphatic hydroxyl groups excluding tert-OH is 1. The molecule has 0 saturated heterocycles. The molecule has 6 nitrogen and oxygen atoms in total. The number of halogens is 4. The Labute approximate surface area is 173 Å². The van der Waals surface area contributed by atoms with Crippen LogP contribution < -0.4 is 5.32 Å². The van der Waals surface area contributed by atoms with Gasteiger partial charge in [0.25, 0.3) is 5.91 Å². The van der Waals surface area contributed by atoms with Gasteiger partial charge in [-0.3, -0.25) is 14.0 Å². The SMILES string of the molecule is C[C@H](CO)NC(=O)c1ccc2c(c1)c1cn(C)nc1n2-c1ccc(C(F)(F)F)c(F)c1. The number of aryl methyl sites for hydroxylation is 1. The fourth-order valence-electron chi connectivity index (χ4n) is 3.52. The Morgan fingerprint density at radius 3 is 2.58 bits per heavy atom. The van der Waals surface area contributed by atoms with Crippen molar-refractivity contribution in [3.8, 4) is 5.69 Å². The molecule has 0 radical (unpaired) electrons. The van der Waals surface area contributed by atoms with Crippen molar-refractivity contribution in [2.45, 2.75) is 19.1 Å². The maximum absolute atomic E-state index is 14.2. The Kier molecular flexibility index (Phi) is 4.97. The molecule has 0 spiro atoms. The predicted molar refractivity (Wildman–Crippen MR) is 107 cm³/mol. The highest BCUT2D eigenvalue weighted by Crippen LogP contribution is 2.35. The lowest BCUT2D eigenvalue weighted by Gasteiger charge is -2.12. The van der Waals surface area contributed by atoms with Gasteiger partial charge in [-0.15, -0.1) is 0 Å². The van der Waals surface area contributed by atoms with Gasteiger partial charge in [0.05, 0.1) is 23.4 Å². The lowest BCUT2D eigenvalue weighted by molar-refractivity contribution is -0.139. The van der Waals surface area contributed by atoms with Gasteiger partial charge in [0.15, 0.2) is 5.65 Å². The topological polar surface area (TPSA) is 72.1 Å². The average Bonchev–Trinajstić information content (AvgIpc) is 3.20. The summed E-state index contributed by atoms with van der Waals surface area (Å²) >= 11 is 0. The number of rotatable bonds is 4. The fraction of sp³-hybridized carbons (Fsp3) is 0.238. The van der Waals surface area contributed by atoms with Crippen LogP contribution in [0.4, 0.5) is 17.6 Å². The van der Waals surface area contributed by atoms with Crippen molar-refractivity contribution in [2.75, 3.05) is 6.61 Å². The van der Waals surface area contributed by atoms with E-state index < -0.39 is 23.6 Å². The molecule has 1 atom stereocenters. The number of aromatic nitrogens is 3. The van der Waals surface area contributed by atoms with Gasteiger partial charge in [0.1, 0.15) is 5.82 Å². The highest BCUT2D eigenvalue weighted by molar-refractivity contribution is 6.10. The molecule has 10 heteroatoms. The Balaban J connectivity index is 1.90. The van der Waals surface area contributed by atoms with Crippen LogP contribution in [0.15, 0.2) is 42.6 Å². The summed E-state index contributed by atoms with van der Waals surface area (Å²) in [4.78, 5) is 12.4. The quantitative estimate of drug-likeness (QED) is 0.480. The number of alkyl halides is 3. The van der Waals surface area contributed by atoms with Crippen molar-refractivity contribution < 1.29 is 27.5 Å². The van der Waals surface area contributed by atoms with Crippen LogP contribution in [-0.4, -0.2) is 38.0 Å². The van der Waals surface area contributed by atoms with E-state index in [4.69, 9.17) is 5.11 Å². The average molecular weight is 434 g/mol. The van der Waals surface area contributed by atoms with E-state index in [0.717, 1.165) is 6.07 Å². The summed E-state index contributed by atoms with van der Waals surface area (Å²) in [5.41, 5.74) is 0.147. The van der Waals surface area contributed by atoms with Gasteiger partial charge in [0.2, 0.25) is 0 Å². The first-order valence-electron chi connectivity index (χ1n) is 9.37. The fourth-order valence-corrected chi connectivity index (χ4v) is 3.52. The zero-order valence-corrected chi connectivity index (χ0v) is 16.5. The van der Waals surface area contributed by atoms with Crippen molar-refractivity contribution in [3.63, 3.8) is 0 Å². The van der Waals surface area contributed by atoms with Crippen molar-refractivity contribution >= 4 is 27.8 Å². The van der Waals surface area contributed by atoms with Crippen LogP contribution in [0.2, 0.25) is 0 Å². The highest BCUT2D eigenvalue weighted by Gasteiger charge is 2.34. The van der Waals surface area contributed by atoms with Gasteiger partial charge in [0, 0.05) is 35.6 Å². The molecule has 2 N–H and O–H groups in total. The van der Waals surface area contributed by atoms with E-state index in [0.29, 0.717) is 33.6 Å². The number of nitrogens with zero attached hydrogens (tertiary/aromatic N) is 3. The summed E-state index contributed by atoms with van der Waals surface area (Å²) in [6, 6.07) is 7.09. The van der Waals surface area contributed by atoms with Crippen molar-refractivity contribution in [2.24, 2.45) is 7.05 Å². The monoisotopic (exact) mass is 434 g/mol. The van der Waals surface area contributed by atoms with E-state index in [1.54, 1.807) is 42.9 Å². The standard InChI is InChI=1S/C21H18F4N4O2/c1-11(10-30)26-20(31)12-3-6-18-14(7-12)15-9-28(2)27-19(15)29(18)13-4-5-16(17(22)8-13)21(23,24)25/h3-9,11,30H,10H2,1-2H3,(H,26,31)/t11-/m1/s1. The summed E-state index contributed by atoms with van der Waals surface area (Å²) in [7, 11) is 1.68. The molecule has 2 aromatic carbocycles. The number of benzene rings is 2. The first kappa shape index (κ1) is 20.9. The minimum Gasteiger partial charge on any atom is -0.394 e. The van der Waals surface area contributed by atoms with Crippen LogP contribution in [0.1, 0.15) is 22.8 Å². The molecule has 0 aliphatic carbocycles. The molecule has 4 rings (SSSR count). The molecule has 0 unspecified atom stereocenters. The van der Waals surface area contributed by atoms with Crippen LogP contribution in [0.5, 0.6) is 0 Å². The molecular formula is C21H18F4N4O2. The zero-order chi connectivity index (χ0) is 22.5. The van der Waals surface area contributed by atoms with Gasteiger partial charge in [-0.2, -0.15) is 18.3 Å². The number of hydrogen-bond acceptors (Lipinski definition) is 3. The first-order valence-corrected chi connectivity index (χ1v) is 9.37. The van der Waals surface area contributed by atoms with E-state index >= 15 is 0 Å². The van der Waals surface area contributed by atoms with Crippen LogP contribution >= 0.6 is 0 Å². The highest BCUT2D eigenvalue weighted by atomic mass is 19.4. The van der Waals surface area contributed by atoms with Crippen molar-refractivity contribution in [1.29, 1.82) is 0 Å². The van der Waals surface area contributed by atoms with E-state index in [-0.39, 0.29) is 18.2 Å². The number of hydrogen-bond donors (Lipinski definition) is 2. The number of nitrogens with one attached hydrogen (secondary N) is 1. The second-order valence-electron chi connectivity index (χ2n) is 7.33. The molecule has 0 saturated carbocycles. The van der Waals surface area contributed by atoms with Gasteiger partial charge in [-0.05, 0) is 43.3 Å². The Hall–Kier alpha value is -3.40. The predicted octanol–water partition coefficient (Wildman–Crippen LogP) is 3.79. The number of fused-ring (bicyclic) bond motifs is 3. The number of carbonyl (C=O) groups is 1. The molecule has 2 heterocycles. The lowest BCUT2D eigenvalue weighted by atomic mass is 10.1. The zero-order valence-electron chi connectivity index (χ0n) is 16.5. The van der Waals surface area contributed by atoms with Gasteiger partial charge < -0.3 is 10.4 Å². The molecule has 0 fully saturated rings. The number of aliphatic hydroxyl groups is 1. The van der Waals surface area contributed by atoms with E-state index in [2.05, 4.69) is 10.4 Å². The van der Waals surface area contributed by atoms with Crippen LogP contribution in [0, 0.1) is 5.82 Å². The number of carbonyl (C=O) groups excluding carboxylic acids is 1. The smallest absolute Gasteiger partial charge is 0.394 e. The molecular weight excluding hydrogens is 416 g/mol. The molecule has 0 aliphatic heterocycles. The summed E-state index contributed by atoms with van der Waals surface area (Å²) in [5.74, 6) is -1.77. The Bertz CT molecular complexity index is 1310. The second-order valence-corrected chi connectivity index (χ2v) is 7.33. The van der Waals surface area contributed by atoms with Crippen LogP contribution in [0.25, 0.3) is 27.6 Å². The first-order chi connectivity index (χ1) is 14.6. The third-order valence-electron chi connectivity index (χ3n) is 4.98. The van der Waals surface area contributed by atoms with Crippen molar-refractivity contribution in [3.05, 3.63) is 59.5 Å². The molecule has 0 aliphatic rings. The summed E-state index contributed by atoms with van der Waals surface area (Å²) in [6.45, 7) is 1.45. The summed E-state index contributed by atoms with van der Waals surface area (Å²) in [5, 5.41) is 17.4. The molecule has 162 valence electrons. The van der Waals surface area contributed by atoms with Gasteiger partial charge >= 0.3 is 6.18 Å². The van der Waals surface area contributed by atoms with Gasteiger partial charge in [-0.25, -0.2) is 4.39 Å². The Morgan fingerprint density at radius 2 is 1.94 bits per heavy atom. The summed E-state index contributed by atoms with van der Waals surface area (Å²) < 4.78 is 56.2. The van der Waals surface area contributed by atoms with Crippen LogP contribution in [-0.2, 0) is 13.2 Å². The molecule has 31 heavy (non-hydrogen) atoms. The third-order valence-corrected chi connectivity index (χ3v) is 4.98. The van der Waals surface area contributed by atoms with E-state index in [9.17, 15) is 22.4 Å². The molecule has 0 bridgehead atoms. The Morgan fingerprint density at radius 1 is 1.19 bits per heavy atom. The number of amides is 1. The summed E-state index contributed by atoms with van der Waals surface area (Å²) in [6.07, 6.45) is -3.08. The lowest BCUT2D eigenvalue weighted by Crippen LogP contribution is -2.34. The molecule has 2 aromatic heterocycles. The van der Waals surface area contributed by atoms with E-state index in [1.807, 2.05) is 0 Å². The van der Waals surface area contributed by atoms with E-state index in [1.165, 1.54) is 10.7 Å². The second kappa shape index (κ2) is 7.38. The minimum atomic E-state index is -4.80. The minimum absolute atomic E-state index is 0.176. The molecule has 4 aromatic rings. The largest absolute Gasteiger partial charge is 0.419 e. The van der Waals surface area contributed by atoms with Crippen molar-refractivity contribution in [1.82, 2.24) is 19.7 Å². The maximum atomic E-state index is 14.2. The van der Waals surface area contributed by atoms with Gasteiger partial charge in [-0.1, -0.05) is 0 Å². The third kappa shape index (κ3) is 3.63. The maximum Gasteiger partial charge on any atom is 0.419 e. The molecule has 1 amide bonds.